The van der Waals surface area contributed by atoms with Gasteiger partial charge in [0.15, 0.2) is 12.6 Å². The van der Waals surface area contributed by atoms with Gasteiger partial charge in [0.2, 0.25) is 0 Å². The maximum absolute atomic E-state index is 5.89. The summed E-state index contributed by atoms with van der Waals surface area (Å²) >= 11 is 0. The van der Waals surface area contributed by atoms with Crippen molar-refractivity contribution in [3.63, 3.8) is 0 Å². The Bertz CT molecular complexity index is 952. The van der Waals surface area contributed by atoms with Crippen molar-refractivity contribution in [3.8, 4) is 0 Å². The Hall–Kier alpha value is -0.320. The van der Waals surface area contributed by atoms with Crippen LogP contribution < -0.4 is 0 Å². The van der Waals surface area contributed by atoms with E-state index in [1.807, 2.05) is 6.92 Å². The summed E-state index contributed by atoms with van der Waals surface area (Å²) < 4.78 is 45.1. The second-order valence-electron chi connectivity index (χ2n) is 20.4. The molecule has 404 valence electrons. The molecular formula is C58H124O8. The van der Waals surface area contributed by atoms with E-state index in [2.05, 4.69) is 138 Å². The van der Waals surface area contributed by atoms with Crippen LogP contribution in [-0.2, 0) is 37.9 Å². The lowest BCUT2D eigenvalue weighted by atomic mass is 9.78. The summed E-state index contributed by atoms with van der Waals surface area (Å²) in [5.41, 5.74) is 0.694. The van der Waals surface area contributed by atoms with Crippen molar-refractivity contribution in [1.82, 2.24) is 0 Å². The normalized spacial score (nSPS) is 25.8. The standard InChI is InChI=1S/C15H32O3.C12H24O3.C11H22O2.C10H22.C9H20.CH4/c1-5-9-16-12-15(8-4,13-17-10-6-2)14-18-11-7-3;1-6-14-7-11-9(3)8(2)10(4)12(13-5)15-11;1-6-7(2)10-8(3)9(4)11(12-5)13-10;1-6-8(3)10(5)9(4)7-2;1-5-9(6-2,7-3)8-4;/h5-14H2,1-4H3;8-12H,6-7H2,1-5H3;7-11H,6H2,1-5H3;8-10H,6-7H2,1-5H3;5-8H2,1-4H3;1H4. The molecule has 2 saturated heterocycles. The molecule has 12 unspecified atom stereocenters. The van der Waals surface area contributed by atoms with Crippen LogP contribution in [0.15, 0.2) is 0 Å². The van der Waals surface area contributed by atoms with E-state index < -0.39 is 0 Å². The summed E-state index contributed by atoms with van der Waals surface area (Å²) in [6.07, 6.45) is 13.9. The minimum atomic E-state index is -0.0818. The van der Waals surface area contributed by atoms with Gasteiger partial charge in [-0.3, -0.25) is 0 Å². The number of hydrogen-bond acceptors (Lipinski definition) is 8. The Morgan fingerprint density at radius 1 is 0.455 bits per heavy atom. The van der Waals surface area contributed by atoms with Gasteiger partial charge in [0, 0.05) is 57.9 Å². The van der Waals surface area contributed by atoms with Gasteiger partial charge in [0.1, 0.15) is 0 Å². The smallest absolute Gasteiger partial charge is 0.160 e. The maximum atomic E-state index is 5.89. The summed E-state index contributed by atoms with van der Waals surface area (Å²) in [5.74, 6) is 6.04. The Labute approximate surface area is 415 Å². The second kappa shape index (κ2) is 43.5. The minimum Gasteiger partial charge on any atom is -0.381 e. The fourth-order valence-corrected chi connectivity index (χ4v) is 8.82. The number of rotatable bonds is 28. The van der Waals surface area contributed by atoms with E-state index in [0.717, 1.165) is 89.7 Å². The SMILES string of the molecule is C.CCC(C)C(C)C(C)CC.CCC(C)C1OC(OC)C(C)C1C.CCC(CC)(CC)CC.CCCOCC(CC)(COCCC)COCCC.CCOCC1OC(OC)C(C)C(C)C1C. The van der Waals surface area contributed by atoms with E-state index in [1.165, 1.54) is 44.9 Å². The quantitative estimate of drug-likeness (QED) is 0.0718. The van der Waals surface area contributed by atoms with Gasteiger partial charge >= 0.3 is 0 Å². The van der Waals surface area contributed by atoms with E-state index in [1.54, 1.807) is 14.2 Å². The molecule has 2 heterocycles. The molecule has 0 radical (unpaired) electrons. The van der Waals surface area contributed by atoms with E-state index in [0.29, 0.717) is 53.6 Å². The van der Waals surface area contributed by atoms with Crippen molar-refractivity contribution < 1.29 is 37.9 Å². The summed E-state index contributed by atoms with van der Waals surface area (Å²) in [6, 6.07) is 0. The van der Waals surface area contributed by atoms with E-state index in [-0.39, 0.29) is 31.5 Å². The number of ether oxygens (including phenoxy) is 8. The molecular weight excluding hydrogens is 825 g/mol. The zero-order valence-corrected chi connectivity index (χ0v) is 48.2. The van der Waals surface area contributed by atoms with Crippen LogP contribution in [0.25, 0.3) is 0 Å². The predicted molar refractivity (Wildman–Crippen MR) is 288 cm³/mol. The maximum Gasteiger partial charge on any atom is 0.160 e. The highest BCUT2D eigenvalue weighted by atomic mass is 16.7. The van der Waals surface area contributed by atoms with Crippen LogP contribution in [0.4, 0.5) is 0 Å². The van der Waals surface area contributed by atoms with Crippen LogP contribution in [0.5, 0.6) is 0 Å². The second-order valence-corrected chi connectivity index (χ2v) is 20.4. The van der Waals surface area contributed by atoms with Crippen molar-refractivity contribution in [2.45, 2.75) is 248 Å². The Morgan fingerprint density at radius 3 is 1.12 bits per heavy atom. The first kappa shape index (κ1) is 72.2. The average Bonchev–Trinajstić information content (AvgIpc) is 3.63. The lowest BCUT2D eigenvalue weighted by Gasteiger charge is -2.42. The lowest BCUT2D eigenvalue weighted by molar-refractivity contribution is -0.246. The Kier molecular flexibility index (Phi) is 47.6. The van der Waals surface area contributed by atoms with Gasteiger partial charge in [-0.15, -0.1) is 0 Å². The van der Waals surface area contributed by atoms with Gasteiger partial charge in [0.05, 0.1) is 38.6 Å². The molecule has 0 spiro atoms. The molecule has 12 atom stereocenters. The van der Waals surface area contributed by atoms with Gasteiger partial charge in [-0.1, -0.05) is 191 Å². The van der Waals surface area contributed by atoms with Crippen molar-refractivity contribution in [3.05, 3.63) is 0 Å². The first-order chi connectivity index (χ1) is 30.8. The summed E-state index contributed by atoms with van der Waals surface area (Å²) in [6.45, 7) is 53.2. The highest BCUT2D eigenvalue weighted by Crippen LogP contribution is 2.38. The third-order valence-electron chi connectivity index (χ3n) is 16.3. The molecule has 0 amide bonds. The van der Waals surface area contributed by atoms with Crippen LogP contribution in [0.1, 0.15) is 223 Å². The lowest BCUT2D eigenvalue weighted by Crippen LogP contribution is -2.47. The zero-order chi connectivity index (χ0) is 50.6. The van der Waals surface area contributed by atoms with Gasteiger partial charge < -0.3 is 37.9 Å². The third-order valence-corrected chi connectivity index (χ3v) is 16.3. The molecule has 66 heavy (non-hydrogen) atoms. The number of methoxy groups -OCH3 is 2. The highest BCUT2D eigenvalue weighted by Gasteiger charge is 2.41. The minimum absolute atomic E-state index is 0. The van der Waals surface area contributed by atoms with Crippen molar-refractivity contribution in [2.24, 2.45) is 64.1 Å². The summed E-state index contributed by atoms with van der Waals surface area (Å²) in [4.78, 5) is 0. The molecule has 0 aliphatic carbocycles. The number of hydrogen-bond donors (Lipinski definition) is 0. The van der Waals surface area contributed by atoms with Gasteiger partial charge in [-0.05, 0) is 79.4 Å². The largest absolute Gasteiger partial charge is 0.381 e. The van der Waals surface area contributed by atoms with E-state index >= 15 is 0 Å². The van der Waals surface area contributed by atoms with Crippen molar-refractivity contribution in [2.75, 3.05) is 67.1 Å². The van der Waals surface area contributed by atoms with Crippen LogP contribution in [0.3, 0.4) is 0 Å². The molecule has 2 fully saturated rings. The molecule has 0 aromatic heterocycles. The Morgan fingerprint density at radius 2 is 0.833 bits per heavy atom. The third kappa shape index (κ3) is 27.9. The van der Waals surface area contributed by atoms with Gasteiger partial charge in [0.25, 0.3) is 0 Å². The molecule has 2 aliphatic heterocycles. The van der Waals surface area contributed by atoms with Crippen LogP contribution in [0, 0.1) is 64.1 Å². The van der Waals surface area contributed by atoms with Gasteiger partial charge in [-0.25, -0.2) is 0 Å². The topological polar surface area (TPSA) is 73.8 Å². The first-order valence-electron chi connectivity index (χ1n) is 27.5. The molecule has 0 aromatic carbocycles. The van der Waals surface area contributed by atoms with E-state index in [4.69, 9.17) is 37.9 Å². The molecule has 0 bridgehead atoms. The molecule has 2 aliphatic rings. The van der Waals surface area contributed by atoms with E-state index in [9.17, 15) is 0 Å². The summed E-state index contributed by atoms with van der Waals surface area (Å²) in [5, 5.41) is 0. The van der Waals surface area contributed by atoms with Crippen LogP contribution in [0.2, 0.25) is 0 Å². The molecule has 0 N–H and O–H groups in total. The molecule has 8 nitrogen and oxygen atoms in total. The van der Waals surface area contributed by atoms with Crippen molar-refractivity contribution >= 4 is 0 Å². The van der Waals surface area contributed by atoms with Crippen LogP contribution >= 0.6 is 0 Å². The molecule has 0 aromatic rings. The summed E-state index contributed by atoms with van der Waals surface area (Å²) in [7, 11) is 3.44. The highest BCUT2D eigenvalue weighted by molar-refractivity contribution is 4.85. The average molecular weight is 950 g/mol. The van der Waals surface area contributed by atoms with Crippen LogP contribution in [-0.4, -0.2) is 91.9 Å². The van der Waals surface area contributed by atoms with Gasteiger partial charge in [-0.2, -0.15) is 0 Å². The fraction of sp³-hybridized carbons (Fsp3) is 1.00. The molecule has 2 rings (SSSR count). The van der Waals surface area contributed by atoms with Crippen molar-refractivity contribution in [1.29, 1.82) is 0 Å². The monoisotopic (exact) mass is 949 g/mol. The molecule has 0 saturated carbocycles. The first-order valence-corrected chi connectivity index (χ1v) is 27.5. The predicted octanol–water partition coefficient (Wildman–Crippen LogP) is 16.6. The zero-order valence-electron chi connectivity index (χ0n) is 48.2. The Balaban J connectivity index is -0.000000370. The fourth-order valence-electron chi connectivity index (χ4n) is 8.82. The molecule has 8 heteroatoms.